The average Bonchev–Trinajstić information content (AvgIpc) is 2.79. The van der Waals surface area contributed by atoms with Crippen molar-refractivity contribution in [2.75, 3.05) is 0 Å². The second-order valence-corrected chi connectivity index (χ2v) is 5.29. The lowest BCUT2D eigenvalue weighted by Crippen LogP contribution is -2.08. The van der Waals surface area contributed by atoms with Gasteiger partial charge >= 0.3 is 0 Å². The molecule has 102 valence electrons. The molecule has 19 heavy (non-hydrogen) atoms. The number of H-pyrrole nitrogens is 1. The topological polar surface area (TPSA) is 28.7 Å². The molecule has 0 saturated heterocycles. The Hall–Kier alpha value is -1.61. The summed E-state index contributed by atoms with van der Waals surface area (Å²) in [6, 6.07) is 6.57. The van der Waals surface area contributed by atoms with Crippen molar-refractivity contribution >= 4 is 24.1 Å². The van der Waals surface area contributed by atoms with Crippen LogP contribution >= 0.6 is 12.4 Å². The number of imidazole rings is 1. The van der Waals surface area contributed by atoms with E-state index in [1.807, 2.05) is 6.08 Å². The number of halogens is 2. The second-order valence-electron chi connectivity index (χ2n) is 5.29. The van der Waals surface area contributed by atoms with Crippen molar-refractivity contribution < 1.29 is 4.39 Å². The van der Waals surface area contributed by atoms with E-state index < -0.39 is 0 Å². The number of aromatic nitrogens is 2. The first-order valence-electron chi connectivity index (χ1n) is 5.94. The Morgan fingerprint density at radius 1 is 1.21 bits per heavy atom. The van der Waals surface area contributed by atoms with Gasteiger partial charge in [0.05, 0.1) is 0 Å². The summed E-state index contributed by atoms with van der Waals surface area (Å²) in [5.41, 5.74) is 2.10. The summed E-state index contributed by atoms with van der Waals surface area (Å²) in [7, 11) is 0. The molecule has 0 atom stereocenters. The molecule has 0 aliphatic rings. The van der Waals surface area contributed by atoms with Crippen molar-refractivity contribution in [1.29, 1.82) is 0 Å². The quantitative estimate of drug-likeness (QED) is 0.858. The number of nitrogens with zero attached hydrogens (tertiary/aromatic N) is 1. The monoisotopic (exact) mass is 280 g/mol. The van der Waals surface area contributed by atoms with Gasteiger partial charge in [-0.05, 0) is 34.8 Å². The fraction of sp³-hybridized carbons (Fsp3) is 0.267. The molecule has 2 rings (SSSR count). The first-order chi connectivity index (χ1) is 8.47. The van der Waals surface area contributed by atoms with Gasteiger partial charge in [0.1, 0.15) is 11.6 Å². The van der Waals surface area contributed by atoms with Crippen molar-refractivity contribution in [2.45, 2.75) is 20.8 Å². The summed E-state index contributed by atoms with van der Waals surface area (Å²) >= 11 is 0. The second kappa shape index (κ2) is 6.02. The van der Waals surface area contributed by atoms with E-state index in [1.165, 1.54) is 12.1 Å². The Labute approximate surface area is 119 Å². The summed E-state index contributed by atoms with van der Waals surface area (Å²) in [4.78, 5) is 7.27. The van der Waals surface area contributed by atoms with E-state index in [1.54, 1.807) is 24.5 Å². The van der Waals surface area contributed by atoms with Gasteiger partial charge in [0, 0.05) is 12.4 Å². The van der Waals surface area contributed by atoms with Crippen LogP contribution in [0.1, 0.15) is 32.2 Å². The highest BCUT2D eigenvalue weighted by Crippen LogP contribution is 2.35. The molecular formula is C15H18ClFN2. The third kappa shape index (κ3) is 3.93. The van der Waals surface area contributed by atoms with Crippen molar-refractivity contribution in [2.24, 2.45) is 5.41 Å². The molecule has 0 saturated carbocycles. The van der Waals surface area contributed by atoms with E-state index in [0.717, 1.165) is 17.0 Å². The standard InChI is InChI=1S/C15H17FN2.ClH/c1-15(2,3)13(10-14-17-8-9-18-14)11-4-6-12(16)7-5-11;/h4-10H,1-3H3,(H,17,18);1H. The fourth-order valence-corrected chi connectivity index (χ4v) is 1.86. The van der Waals surface area contributed by atoms with Gasteiger partial charge < -0.3 is 4.98 Å². The minimum Gasteiger partial charge on any atom is -0.345 e. The molecular weight excluding hydrogens is 263 g/mol. The van der Waals surface area contributed by atoms with E-state index in [9.17, 15) is 4.39 Å². The van der Waals surface area contributed by atoms with Crippen LogP contribution in [-0.4, -0.2) is 9.97 Å². The Morgan fingerprint density at radius 3 is 2.32 bits per heavy atom. The Morgan fingerprint density at radius 2 is 1.84 bits per heavy atom. The normalized spacial score (nSPS) is 12.1. The van der Waals surface area contributed by atoms with Crippen LogP contribution in [0.3, 0.4) is 0 Å². The van der Waals surface area contributed by atoms with Crippen LogP contribution < -0.4 is 0 Å². The molecule has 0 spiro atoms. The minimum atomic E-state index is -0.218. The number of hydrogen-bond acceptors (Lipinski definition) is 1. The summed E-state index contributed by atoms with van der Waals surface area (Å²) in [6.07, 6.45) is 5.51. The minimum absolute atomic E-state index is 0. The first kappa shape index (κ1) is 15.4. The zero-order chi connectivity index (χ0) is 13.2. The molecule has 0 radical (unpaired) electrons. The fourth-order valence-electron chi connectivity index (χ4n) is 1.86. The van der Waals surface area contributed by atoms with Gasteiger partial charge in [-0.2, -0.15) is 0 Å². The maximum absolute atomic E-state index is 13.0. The van der Waals surface area contributed by atoms with Crippen LogP contribution in [0.2, 0.25) is 0 Å². The number of hydrogen-bond donors (Lipinski definition) is 1. The van der Waals surface area contributed by atoms with Crippen molar-refractivity contribution in [3.8, 4) is 0 Å². The molecule has 1 heterocycles. The maximum Gasteiger partial charge on any atom is 0.130 e. The molecule has 0 bridgehead atoms. The van der Waals surface area contributed by atoms with Crippen LogP contribution in [-0.2, 0) is 0 Å². The van der Waals surface area contributed by atoms with E-state index in [0.29, 0.717) is 0 Å². The lowest BCUT2D eigenvalue weighted by molar-refractivity contribution is 0.568. The van der Waals surface area contributed by atoms with E-state index in [4.69, 9.17) is 0 Å². The maximum atomic E-state index is 13.0. The van der Waals surface area contributed by atoms with Gasteiger partial charge in [0.25, 0.3) is 0 Å². The van der Waals surface area contributed by atoms with Crippen molar-refractivity contribution in [1.82, 2.24) is 9.97 Å². The summed E-state index contributed by atoms with van der Waals surface area (Å²) < 4.78 is 13.0. The summed E-state index contributed by atoms with van der Waals surface area (Å²) in [5.74, 6) is 0.592. The van der Waals surface area contributed by atoms with Gasteiger partial charge in [-0.25, -0.2) is 9.37 Å². The zero-order valence-electron chi connectivity index (χ0n) is 11.3. The highest BCUT2D eigenvalue weighted by Gasteiger charge is 2.19. The Bertz CT molecular complexity index is 537. The highest BCUT2D eigenvalue weighted by atomic mass is 35.5. The predicted octanol–water partition coefficient (Wildman–Crippen LogP) is 4.56. The van der Waals surface area contributed by atoms with Crippen LogP contribution in [0, 0.1) is 11.2 Å². The molecule has 1 aromatic heterocycles. The molecule has 0 unspecified atom stereocenters. The first-order valence-corrected chi connectivity index (χ1v) is 5.94. The molecule has 2 nitrogen and oxygen atoms in total. The molecule has 4 heteroatoms. The van der Waals surface area contributed by atoms with E-state index in [-0.39, 0.29) is 23.6 Å². The third-order valence-electron chi connectivity index (χ3n) is 2.76. The number of aromatic amines is 1. The number of benzene rings is 1. The van der Waals surface area contributed by atoms with Crippen LogP contribution in [0.15, 0.2) is 36.7 Å². The smallest absolute Gasteiger partial charge is 0.130 e. The molecule has 0 fully saturated rings. The van der Waals surface area contributed by atoms with Gasteiger partial charge in [-0.15, -0.1) is 12.4 Å². The van der Waals surface area contributed by atoms with Gasteiger partial charge in [-0.3, -0.25) is 0 Å². The molecule has 0 amide bonds. The van der Waals surface area contributed by atoms with Crippen LogP contribution in [0.4, 0.5) is 4.39 Å². The Kier molecular flexibility index (Phi) is 4.90. The largest absolute Gasteiger partial charge is 0.345 e. The van der Waals surface area contributed by atoms with E-state index >= 15 is 0 Å². The van der Waals surface area contributed by atoms with E-state index in [2.05, 4.69) is 30.7 Å². The van der Waals surface area contributed by atoms with Crippen LogP contribution in [0.5, 0.6) is 0 Å². The third-order valence-corrected chi connectivity index (χ3v) is 2.76. The van der Waals surface area contributed by atoms with Crippen molar-refractivity contribution in [3.05, 3.63) is 53.9 Å². The van der Waals surface area contributed by atoms with Gasteiger partial charge in [0.2, 0.25) is 0 Å². The van der Waals surface area contributed by atoms with Gasteiger partial charge in [0.15, 0.2) is 0 Å². The lowest BCUT2D eigenvalue weighted by Gasteiger charge is -2.23. The van der Waals surface area contributed by atoms with Crippen molar-refractivity contribution in [3.63, 3.8) is 0 Å². The number of rotatable bonds is 2. The zero-order valence-corrected chi connectivity index (χ0v) is 12.1. The number of allylic oxidation sites excluding steroid dienone is 1. The van der Waals surface area contributed by atoms with Crippen LogP contribution in [0.25, 0.3) is 11.6 Å². The lowest BCUT2D eigenvalue weighted by atomic mass is 9.82. The van der Waals surface area contributed by atoms with Gasteiger partial charge in [-0.1, -0.05) is 32.9 Å². The Balaban J connectivity index is 0.00000180. The highest BCUT2D eigenvalue weighted by molar-refractivity contribution is 5.85. The molecule has 1 aromatic carbocycles. The predicted molar refractivity (Wildman–Crippen MR) is 79.6 cm³/mol. The SMILES string of the molecule is CC(C)(C)C(=Cc1ncc[nH]1)c1ccc(F)cc1.Cl. The average molecular weight is 281 g/mol. The molecule has 2 aromatic rings. The number of nitrogens with one attached hydrogen (secondary N) is 1. The molecule has 0 aliphatic carbocycles. The summed E-state index contributed by atoms with van der Waals surface area (Å²) in [6.45, 7) is 6.39. The molecule has 0 aliphatic heterocycles. The molecule has 1 N–H and O–H groups in total. The summed E-state index contributed by atoms with van der Waals surface area (Å²) in [5, 5.41) is 0.